The van der Waals surface area contributed by atoms with Crippen molar-refractivity contribution in [3.8, 4) is 46.0 Å². The van der Waals surface area contributed by atoms with Gasteiger partial charge < -0.3 is 33.3 Å². The molecule has 0 amide bonds. The molecule has 1 saturated heterocycles. The molecule has 6 bridgehead atoms. The Labute approximate surface area is 314 Å². The fourth-order valence-corrected chi connectivity index (χ4v) is 8.70. The Morgan fingerprint density at radius 1 is 0.660 bits per heavy atom. The van der Waals surface area contributed by atoms with Gasteiger partial charge in [0, 0.05) is 37.3 Å². The van der Waals surface area contributed by atoms with E-state index in [1.807, 2.05) is 0 Å². The summed E-state index contributed by atoms with van der Waals surface area (Å²) in [5.74, 6) is 5.59. The molecule has 5 heterocycles. The number of rotatable bonds is 8. The van der Waals surface area contributed by atoms with E-state index < -0.39 is 0 Å². The number of likely N-dealkylation sites (N-methyl/N-ethyl adjacent to an activating group) is 2. The molecule has 0 aromatic heterocycles. The van der Waals surface area contributed by atoms with Gasteiger partial charge in [-0.05, 0) is 142 Å². The second kappa shape index (κ2) is 15.5. The first-order valence-corrected chi connectivity index (χ1v) is 19.2. The minimum Gasteiger partial charge on any atom is -0.493 e. The molecular weight excluding hydrogens is 666 g/mol. The number of fused-ring (bicyclic) bond motifs is 2. The first kappa shape index (κ1) is 35.6. The Balaban J connectivity index is 1.24. The fourth-order valence-electron chi connectivity index (χ4n) is 8.70. The van der Waals surface area contributed by atoms with E-state index in [4.69, 9.17) is 28.4 Å². The normalized spacial score (nSPS) is 20.1. The van der Waals surface area contributed by atoms with Crippen LogP contribution in [0.5, 0.6) is 46.0 Å². The van der Waals surface area contributed by atoms with E-state index in [2.05, 4.69) is 89.5 Å². The minimum atomic E-state index is -0.00527. The molecule has 9 rings (SSSR count). The third kappa shape index (κ3) is 7.27. The number of hydrogen-bond acceptors (Lipinski definition) is 9. The molecule has 280 valence electrons. The molecule has 4 aromatic carbocycles. The molecule has 2 atom stereocenters. The Hall–Kier alpha value is -4.44. The average Bonchev–Trinajstić information content (AvgIpc) is 3.70. The Morgan fingerprint density at radius 2 is 1.34 bits per heavy atom. The number of likely N-dealkylation sites (tertiary alicyclic amines) is 1. The molecule has 0 N–H and O–H groups in total. The average molecular weight is 720 g/mol. The highest BCUT2D eigenvalue weighted by molar-refractivity contribution is 5.64. The van der Waals surface area contributed by atoms with Crippen molar-refractivity contribution in [2.24, 2.45) is 0 Å². The van der Waals surface area contributed by atoms with Gasteiger partial charge in [0.1, 0.15) is 5.75 Å². The zero-order valence-electron chi connectivity index (χ0n) is 31.9. The molecule has 9 heteroatoms. The summed E-state index contributed by atoms with van der Waals surface area (Å²) in [6.07, 6.45) is 6.96. The highest BCUT2D eigenvalue weighted by atomic mass is 16.5. The van der Waals surface area contributed by atoms with E-state index in [0.717, 1.165) is 80.1 Å². The van der Waals surface area contributed by atoms with Gasteiger partial charge in [-0.1, -0.05) is 18.2 Å². The second-order valence-corrected chi connectivity index (χ2v) is 15.0. The number of nitrogens with zero attached hydrogens (tertiary/aromatic N) is 3. The lowest BCUT2D eigenvalue weighted by Crippen LogP contribution is -2.34. The summed E-state index contributed by atoms with van der Waals surface area (Å²) in [5.41, 5.74) is 7.22. The molecule has 5 aliphatic rings. The second-order valence-electron chi connectivity index (χ2n) is 15.0. The van der Waals surface area contributed by atoms with Gasteiger partial charge in [-0.15, -0.1) is 0 Å². The number of benzene rings is 4. The Bertz CT molecular complexity index is 1920. The Morgan fingerprint density at radius 3 is 2.09 bits per heavy atom. The molecule has 9 nitrogen and oxygen atoms in total. The number of methoxy groups -OCH3 is 3. The van der Waals surface area contributed by atoms with Crippen LogP contribution in [0.4, 0.5) is 0 Å². The standard InChI is InChI=1S/C44H53N3O6/c1-45-20-15-31-26-38(48-3)40-28-34(31)35(45)23-29-9-12-33(13-10-29)52-39-25-30(11-14-37(39)51-22-8-19-47-17-6-7-18-47)24-36-42-32(16-21-46(36)2)27-41(49-4)43(50-5)44(42)53-40/h9-14,25-28,35-36H,6-8,15-24H2,1-5H3. The topological polar surface area (TPSA) is 65.1 Å². The summed E-state index contributed by atoms with van der Waals surface area (Å²) in [5, 5.41) is 0. The highest BCUT2D eigenvalue weighted by Gasteiger charge is 2.35. The molecule has 4 aromatic rings. The SMILES string of the molecule is COc1cc2c3cc1Oc1c(OC)c(OC)cc4c1C(Cc1ccc(OCCCN5CCCC5)c(c1)Oc1ccc(cc1)CC3N(C)CC2)N(C)CC4. The molecule has 1 fully saturated rings. The number of ether oxygens (including phenoxy) is 6. The lowest BCUT2D eigenvalue weighted by atomic mass is 9.87. The van der Waals surface area contributed by atoms with Gasteiger partial charge in [0.2, 0.25) is 5.75 Å². The maximum absolute atomic E-state index is 7.10. The van der Waals surface area contributed by atoms with Gasteiger partial charge in [-0.25, -0.2) is 0 Å². The summed E-state index contributed by atoms with van der Waals surface area (Å²) in [6, 6.07) is 21.6. The van der Waals surface area contributed by atoms with Crippen LogP contribution in [-0.2, 0) is 25.7 Å². The van der Waals surface area contributed by atoms with Crippen LogP contribution in [0.3, 0.4) is 0 Å². The van der Waals surface area contributed by atoms with Gasteiger partial charge >= 0.3 is 0 Å². The van der Waals surface area contributed by atoms with E-state index in [1.165, 1.54) is 48.2 Å². The number of hydrogen-bond donors (Lipinski definition) is 0. The van der Waals surface area contributed by atoms with Crippen molar-refractivity contribution in [1.29, 1.82) is 0 Å². The van der Waals surface area contributed by atoms with Gasteiger partial charge in [-0.3, -0.25) is 9.80 Å². The summed E-state index contributed by atoms with van der Waals surface area (Å²) < 4.78 is 38.3. The van der Waals surface area contributed by atoms with Gasteiger partial charge in [0.05, 0.1) is 27.9 Å². The van der Waals surface area contributed by atoms with Crippen LogP contribution < -0.4 is 28.4 Å². The van der Waals surface area contributed by atoms with Crippen molar-refractivity contribution in [2.75, 3.05) is 74.8 Å². The van der Waals surface area contributed by atoms with Crippen LogP contribution in [0.25, 0.3) is 0 Å². The smallest absolute Gasteiger partial charge is 0.204 e. The quantitative estimate of drug-likeness (QED) is 0.169. The van der Waals surface area contributed by atoms with E-state index in [0.29, 0.717) is 35.4 Å². The molecule has 0 radical (unpaired) electrons. The molecule has 2 unspecified atom stereocenters. The first-order chi connectivity index (χ1) is 25.9. The Kier molecular flexibility index (Phi) is 10.4. The van der Waals surface area contributed by atoms with Crippen LogP contribution in [0.2, 0.25) is 0 Å². The van der Waals surface area contributed by atoms with Crippen LogP contribution in [-0.4, -0.2) is 89.5 Å². The van der Waals surface area contributed by atoms with Crippen molar-refractivity contribution in [2.45, 2.75) is 57.0 Å². The van der Waals surface area contributed by atoms with Gasteiger partial charge in [0.25, 0.3) is 0 Å². The molecule has 0 aliphatic carbocycles. The molecule has 5 aliphatic heterocycles. The largest absolute Gasteiger partial charge is 0.493 e. The summed E-state index contributed by atoms with van der Waals surface area (Å²) in [4.78, 5) is 7.39. The van der Waals surface area contributed by atoms with Crippen molar-refractivity contribution >= 4 is 0 Å². The minimum absolute atomic E-state index is 0.00527. The molecule has 0 saturated carbocycles. The predicted octanol–water partition coefficient (Wildman–Crippen LogP) is 8.02. The van der Waals surface area contributed by atoms with Crippen molar-refractivity contribution < 1.29 is 28.4 Å². The van der Waals surface area contributed by atoms with Crippen molar-refractivity contribution in [1.82, 2.24) is 14.7 Å². The fraction of sp³-hybridized carbons (Fsp3) is 0.455. The van der Waals surface area contributed by atoms with Gasteiger partial charge in [-0.2, -0.15) is 0 Å². The van der Waals surface area contributed by atoms with Crippen molar-refractivity contribution in [3.63, 3.8) is 0 Å². The van der Waals surface area contributed by atoms with Crippen molar-refractivity contribution in [3.05, 3.63) is 94.0 Å². The van der Waals surface area contributed by atoms with Crippen LogP contribution in [0.15, 0.2) is 60.7 Å². The third-order valence-corrected chi connectivity index (χ3v) is 11.7. The highest BCUT2D eigenvalue weighted by Crippen LogP contribution is 2.52. The maximum atomic E-state index is 7.10. The summed E-state index contributed by atoms with van der Waals surface area (Å²) in [6.45, 7) is 5.96. The predicted molar refractivity (Wildman–Crippen MR) is 207 cm³/mol. The maximum Gasteiger partial charge on any atom is 0.204 e. The lowest BCUT2D eigenvalue weighted by molar-refractivity contribution is 0.220. The van der Waals surface area contributed by atoms with E-state index >= 15 is 0 Å². The monoisotopic (exact) mass is 719 g/mol. The molecule has 0 spiro atoms. The van der Waals surface area contributed by atoms with Gasteiger partial charge in [0.15, 0.2) is 34.5 Å². The lowest BCUT2D eigenvalue weighted by Gasteiger charge is -2.37. The first-order valence-electron chi connectivity index (χ1n) is 19.2. The third-order valence-electron chi connectivity index (χ3n) is 11.7. The van der Waals surface area contributed by atoms with E-state index in [9.17, 15) is 0 Å². The van der Waals surface area contributed by atoms with E-state index in [1.54, 1.807) is 21.3 Å². The van der Waals surface area contributed by atoms with Crippen LogP contribution in [0.1, 0.15) is 64.7 Å². The molecular formula is C44H53N3O6. The summed E-state index contributed by atoms with van der Waals surface area (Å²) in [7, 11) is 9.50. The molecule has 53 heavy (non-hydrogen) atoms. The zero-order chi connectivity index (χ0) is 36.5. The van der Waals surface area contributed by atoms with Crippen LogP contribution in [0, 0.1) is 0 Å². The summed E-state index contributed by atoms with van der Waals surface area (Å²) >= 11 is 0. The van der Waals surface area contributed by atoms with E-state index in [-0.39, 0.29) is 12.1 Å². The zero-order valence-corrected chi connectivity index (χ0v) is 31.9. The van der Waals surface area contributed by atoms with Crippen LogP contribution >= 0.6 is 0 Å².